The molecule has 1 fully saturated rings. The molecule has 10 heteroatoms. The molecule has 9 nitrogen and oxygen atoms in total. The number of rotatable bonds is 5. The van der Waals surface area contributed by atoms with Crippen LogP contribution in [-0.2, 0) is 4.79 Å². The summed E-state index contributed by atoms with van der Waals surface area (Å²) in [5.41, 5.74) is 2.29. The average molecular weight is 437 g/mol. The molecule has 4 rings (SSSR count). The van der Waals surface area contributed by atoms with Crippen molar-refractivity contribution in [1.82, 2.24) is 10.2 Å². The van der Waals surface area contributed by atoms with Crippen LogP contribution in [0.5, 0.6) is 0 Å². The zero-order valence-corrected chi connectivity index (χ0v) is 17.7. The molecule has 2 amide bonds. The van der Waals surface area contributed by atoms with E-state index in [0.29, 0.717) is 18.0 Å². The number of nitrogens with zero attached hydrogens (tertiary/aromatic N) is 4. The van der Waals surface area contributed by atoms with Gasteiger partial charge in [0.05, 0.1) is 4.92 Å². The van der Waals surface area contributed by atoms with E-state index in [1.54, 1.807) is 4.90 Å². The van der Waals surface area contributed by atoms with Gasteiger partial charge in [-0.15, -0.1) is 10.2 Å². The van der Waals surface area contributed by atoms with Crippen LogP contribution < -0.4 is 10.2 Å². The molecule has 1 aliphatic heterocycles. The Bertz CT molecular complexity index is 1190. The lowest BCUT2D eigenvalue weighted by molar-refractivity contribution is -0.385. The van der Waals surface area contributed by atoms with Gasteiger partial charge in [0.15, 0.2) is 0 Å². The number of carbonyl (C=O) groups is 2. The van der Waals surface area contributed by atoms with E-state index in [9.17, 15) is 19.7 Å². The molecule has 0 bridgehead atoms. The van der Waals surface area contributed by atoms with Crippen molar-refractivity contribution in [3.05, 3.63) is 74.3 Å². The minimum Gasteiger partial charge on any atom is -0.312 e. The fraction of sp³-hybridized carbons (Fsp3) is 0.238. The molecule has 31 heavy (non-hydrogen) atoms. The summed E-state index contributed by atoms with van der Waals surface area (Å²) in [4.78, 5) is 37.4. The van der Waals surface area contributed by atoms with Crippen molar-refractivity contribution in [2.45, 2.75) is 26.2 Å². The molecule has 1 N–H and O–H groups in total. The van der Waals surface area contributed by atoms with E-state index in [4.69, 9.17) is 0 Å². The second-order valence-corrected chi connectivity index (χ2v) is 8.36. The van der Waals surface area contributed by atoms with Gasteiger partial charge in [0.25, 0.3) is 11.6 Å². The topological polar surface area (TPSA) is 118 Å². The third-order valence-corrected chi connectivity index (χ3v) is 6.20. The van der Waals surface area contributed by atoms with E-state index in [1.807, 2.05) is 31.2 Å². The maximum atomic E-state index is 12.6. The first-order chi connectivity index (χ1) is 14.8. The van der Waals surface area contributed by atoms with Gasteiger partial charge in [0.2, 0.25) is 11.0 Å². The van der Waals surface area contributed by atoms with Gasteiger partial charge in [-0.1, -0.05) is 29.5 Å². The first-order valence-electron chi connectivity index (χ1n) is 9.59. The highest BCUT2D eigenvalue weighted by Gasteiger charge is 2.34. The van der Waals surface area contributed by atoms with Gasteiger partial charge in [-0.25, -0.2) is 0 Å². The number of nitrogens with one attached hydrogen (secondary N) is 1. The Morgan fingerprint density at radius 3 is 2.74 bits per heavy atom. The lowest BCUT2D eigenvalue weighted by Crippen LogP contribution is -2.24. The lowest BCUT2D eigenvalue weighted by Gasteiger charge is -2.16. The van der Waals surface area contributed by atoms with Gasteiger partial charge in [-0.2, -0.15) is 0 Å². The third-order valence-electron chi connectivity index (χ3n) is 5.20. The Hall–Kier alpha value is -3.66. The third kappa shape index (κ3) is 4.15. The molecule has 0 radical (unpaired) electrons. The van der Waals surface area contributed by atoms with Gasteiger partial charge in [-0.05, 0) is 37.6 Å². The van der Waals surface area contributed by atoms with Gasteiger partial charge >= 0.3 is 0 Å². The van der Waals surface area contributed by atoms with E-state index >= 15 is 0 Å². The molecule has 2 aromatic carbocycles. The summed E-state index contributed by atoms with van der Waals surface area (Å²) >= 11 is 1.20. The van der Waals surface area contributed by atoms with Crippen molar-refractivity contribution in [2.75, 3.05) is 16.8 Å². The maximum absolute atomic E-state index is 12.6. The summed E-state index contributed by atoms with van der Waals surface area (Å²) in [5.74, 6) is -0.591. The molecule has 1 aliphatic rings. The van der Waals surface area contributed by atoms with Gasteiger partial charge in [0, 0.05) is 41.8 Å². The molecule has 0 spiro atoms. The van der Waals surface area contributed by atoms with E-state index in [1.165, 1.54) is 36.5 Å². The van der Waals surface area contributed by atoms with Crippen LogP contribution >= 0.6 is 11.3 Å². The largest absolute Gasteiger partial charge is 0.312 e. The molecular formula is C21H19N5O4S. The summed E-state index contributed by atoms with van der Waals surface area (Å²) in [6, 6.07) is 12.1. The Morgan fingerprint density at radius 1 is 1.23 bits per heavy atom. The van der Waals surface area contributed by atoms with Crippen molar-refractivity contribution >= 4 is 39.7 Å². The highest BCUT2D eigenvalue weighted by molar-refractivity contribution is 7.15. The predicted octanol–water partition coefficient (Wildman–Crippen LogP) is 3.84. The quantitative estimate of drug-likeness (QED) is 0.479. The normalized spacial score (nSPS) is 15.9. The van der Waals surface area contributed by atoms with Crippen LogP contribution in [0.25, 0.3) is 0 Å². The van der Waals surface area contributed by atoms with Crippen LogP contribution in [0.2, 0.25) is 0 Å². The Labute approximate surface area is 181 Å². The smallest absolute Gasteiger partial charge is 0.273 e. The zero-order chi connectivity index (χ0) is 22.1. The molecule has 1 atom stereocenters. The van der Waals surface area contributed by atoms with Gasteiger partial charge < -0.3 is 4.90 Å². The first-order valence-corrected chi connectivity index (χ1v) is 10.4. The van der Waals surface area contributed by atoms with Gasteiger partial charge in [-0.3, -0.25) is 25.0 Å². The van der Waals surface area contributed by atoms with Crippen LogP contribution in [0.1, 0.15) is 38.8 Å². The number of nitro benzene ring substituents is 1. The summed E-state index contributed by atoms with van der Waals surface area (Å²) in [6.45, 7) is 4.00. The number of anilines is 2. The number of benzene rings is 2. The Kier molecular flexibility index (Phi) is 5.47. The number of hydrogen-bond donors (Lipinski definition) is 1. The molecular weight excluding hydrogens is 418 g/mol. The summed E-state index contributed by atoms with van der Waals surface area (Å²) in [6.07, 6.45) is 0.320. The second-order valence-electron chi connectivity index (χ2n) is 7.35. The fourth-order valence-electron chi connectivity index (χ4n) is 3.60. The Balaban J connectivity index is 1.48. The molecule has 2 heterocycles. The monoisotopic (exact) mass is 437 g/mol. The standard InChI is InChI=1S/C21H19N5O4S/c1-12-5-3-6-15(9-12)25-11-14(10-18(25)27)20-23-24-21(31-20)22-19(28)16-7-4-8-17(13(16)2)26(29)30/h3-9,14H,10-11H2,1-2H3,(H,22,24,28). The van der Waals surface area contributed by atoms with Crippen LogP contribution in [0.15, 0.2) is 42.5 Å². The molecule has 158 valence electrons. The second kappa shape index (κ2) is 8.23. The molecule has 1 unspecified atom stereocenters. The summed E-state index contributed by atoms with van der Waals surface area (Å²) in [5, 5.41) is 22.9. The van der Waals surface area contributed by atoms with E-state index in [-0.39, 0.29) is 33.8 Å². The van der Waals surface area contributed by atoms with Crippen molar-refractivity contribution in [1.29, 1.82) is 0 Å². The number of aromatic nitrogens is 2. The zero-order valence-electron chi connectivity index (χ0n) is 16.9. The maximum Gasteiger partial charge on any atom is 0.273 e. The SMILES string of the molecule is Cc1cccc(N2CC(c3nnc(NC(=O)c4cccc([N+](=O)[O-])c4C)s3)CC2=O)c1. The van der Waals surface area contributed by atoms with E-state index in [2.05, 4.69) is 15.5 Å². The highest BCUT2D eigenvalue weighted by atomic mass is 32.1. The minimum absolute atomic E-state index is 0.0172. The van der Waals surface area contributed by atoms with Crippen molar-refractivity contribution in [3.8, 4) is 0 Å². The molecule has 1 aromatic heterocycles. The van der Waals surface area contributed by atoms with Crippen LogP contribution in [-0.4, -0.2) is 33.5 Å². The number of aryl methyl sites for hydroxylation is 1. The predicted molar refractivity (Wildman–Crippen MR) is 117 cm³/mol. The van der Waals surface area contributed by atoms with Crippen molar-refractivity contribution in [3.63, 3.8) is 0 Å². The van der Waals surface area contributed by atoms with E-state index < -0.39 is 10.8 Å². The number of hydrogen-bond acceptors (Lipinski definition) is 7. The van der Waals surface area contributed by atoms with Crippen LogP contribution in [0.3, 0.4) is 0 Å². The van der Waals surface area contributed by atoms with Crippen LogP contribution in [0, 0.1) is 24.0 Å². The highest BCUT2D eigenvalue weighted by Crippen LogP contribution is 2.34. The van der Waals surface area contributed by atoms with Crippen molar-refractivity contribution in [2.24, 2.45) is 0 Å². The lowest BCUT2D eigenvalue weighted by atomic mass is 10.1. The first kappa shape index (κ1) is 20.6. The fourth-order valence-corrected chi connectivity index (χ4v) is 4.43. The number of nitro groups is 1. The van der Waals surface area contributed by atoms with Gasteiger partial charge in [0.1, 0.15) is 5.01 Å². The average Bonchev–Trinajstić information content (AvgIpc) is 3.34. The molecule has 0 saturated carbocycles. The van der Waals surface area contributed by atoms with Crippen LogP contribution in [0.4, 0.5) is 16.5 Å². The minimum atomic E-state index is -0.522. The summed E-state index contributed by atoms with van der Waals surface area (Å²) in [7, 11) is 0. The van der Waals surface area contributed by atoms with Crippen molar-refractivity contribution < 1.29 is 14.5 Å². The number of carbonyl (C=O) groups excluding carboxylic acids is 2. The summed E-state index contributed by atoms with van der Waals surface area (Å²) < 4.78 is 0. The molecule has 3 aromatic rings. The molecule has 1 saturated heterocycles. The number of amides is 2. The van der Waals surface area contributed by atoms with E-state index in [0.717, 1.165) is 11.3 Å². The molecule has 0 aliphatic carbocycles. The Morgan fingerprint density at radius 2 is 2.00 bits per heavy atom.